The van der Waals surface area contributed by atoms with Gasteiger partial charge in [0.1, 0.15) is 5.82 Å². The lowest BCUT2D eigenvalue weighted by molar-refractivity contribution is -0.140. The molecule has 1 amide bonds. The van der Waals surface area contributed by atoms with E-state index in [1.54, 1.807) is 6.07 Å². The van der Waals surface area contributed by atoms with E-state index in [2.05, 4.69) is 14.8 Å². The van der Waals surface area contributed by atoms with Gasteiger partial charge in [0.25, 0.3) is 5.91 Å². The van der Waals surface area contributed by atoms with E-state index in [0.29, 0.717) is 11.6 Å². The van der Waals surface area contributed by atoms with Gasteiger partial charge in [0.05, 0.1) is 36.0 Å². The van der Waals surface area contributed by atoms with Crippen LogP contribution in [-0.2, 0) is 28.5 Å². The van der Waals surface area contributed by atoms with Crippen molar-refractivity contribution in [3.8, 4) is 5.82 Å². The topological polar surface area (TPSA) is 100 Å². The normalized spacial score (nSPS) is 11.4. The molecular weight excluding hydrogens is 432 g/mol. The third kappa shape index (κ3) is 4.93. The van der Waals surface area contributed by atoms with Crippen LogP contribution in [0.25, 0.3) is 5.82 Å². The third-order valence-electron chi connectivity index (χ3n) is 4.66. The Hall–Kier alpha value is -3.76. The smallest absolute Gasteiger partial charge is 0.416 e. The molecule has 0 unspecified atom stereocenters. The van der Waals surface area contributed by atoms with E-state index in [1.807, 2.05) is 0 Å². The van der Waals surface area contributed by atoms with Crippen LogP contribution in [0.1, 0.15) is 38.4 Å². The van der Waals surface area contributed by atoms with E-state index in [0.717, 1.165) is 12.1 Å². The Kier molecular flexibility index (Phi) is 6.28. The number of aryl methyl sites for hydroxylation is 1. The Morgan fingerprint density at radius 3 is 2.50 bits per heavy atom. The van der Waals surface area contributed by atoms with Crippen molar-refractivity contribution in [1.82, 2.24) is 14.8 Å². The molecule has 168 valence electrons. The maximum absolute atomic E-state index is 13.7. The summed E-state index contributed by atoms with van der Waals surface area (Å²) in [7, 11) is 1.19. The summed E-state index contributed by atoms with van der Waals surface area (Å²) in [4.78, 5) is 27.9. The van der Waals surface area contributed by atoms with Crippen molar-refractivity contribution in [2.75, 3.05) is 7.11 Å². The molecule has 11 heteroatoms. The van der Waals surface area contributed by atoms with Crippen molar-refractivity contribution in [1.29, 1.82) is 0 Å². The molecule has 32 heavy (non-hydrogen) atoms. The van der Waals surface area contributed by atoms with Crippen LogP contribution in [0.15, 0.2) is 36.5 Å². The number of hydrogen-bond acceptors (Lipinski definition) is 5. The molecule has 0 bridgehead atoms. The van der Waals surface area contributed by atoms with Crippen LogP contribution < -0.4 is 5.73 Å². The van der Waals surface area contributed by atoms with Gasteiger partial charge in [0.2, 0.25) is 0 Å². The molecule has 0 fully saturated rings. The second kappa shape index (κ2) is 8.77. The van der Waals surface area contributed by atoms with Crippen molar-refractivity contribution in [3.63, 3.8) is 0 Å². The fraction of sp³-hybridized carbons (Fsp3) is 0.238. The van der Waals surface area contributed by atoms with Crippen LogP contribution in [0.4, 0.5) is 17.6 Å². The van der Waals surface area contributed by atoms with Gasteiger partial charge in [-0.3, -0.25) is 9.59 Å². The minimum absolute atomic E-state index is 0.0222. The predicted molar refractivity (Wildman–Crippen MR) is 105 cm³/mol. The number of halogens is 4. The number of rotatable bonds is 6. The third-order valence-corrected chi connectivity index (χ3v) is 4.66. The standard InChI is InChI=1S/C21H18F4N4O3/c1-11-19(20(26)31)16(10-18(30)32-2)29(28-11)17-8-12(3-4-27-17)5-13-6-14(21(23,24)25)9-15(22)7-13/h3-4,6-9H,5,10H2,1-2H3,(H2,26,31). The number of aromatic nitrogens is 3. The number of carbonyl (C=O) groups excluding carboxylic acids is 2. The number of ether oxygens (including phenoxy) is 1. The van der Waals surface area contributed by atoms with Crippen molar-refractivity contribution in [2.45, 2.75) is 25.9 Å². The highest BCUT2D eigenvalue weighted by Gasteiger charge is 2.31. The van der Waals surface area contributed by atoms with Gasteiger partial charge in [-0.1, -0.05) is 0 Å². The fourth-order valence-corrected chi connectivity index (χ4v) is 3.30. The first-order chi connectivity index (χ1) is 15.0. The van der Waals surface area contributed by atoms with Crippen LogP contribution >= 0.6 is 0 Å². The second-order valence-corrected chi connectivity index (χ2v) is 6.98. The zero-order chi connectivity index (χ0) is 23.6. The number of alkyl halides is 3. The molecule has 2 N–H and O–H groups in total. The quantitative estimate of drug-likeness (QED) is 0.460. The summed E-state index contributed by atoms with van der Waals surface area (Å²) in [6, 6.07) is 5.37. The highest BCUT2D eigenvalue weighted by atomic mass is 19.4. The van der Waals surface area contributed by atoms with E-state index < -0.39 is 29.4 Å². The van der Waals surface area contributed by atoms with Crippen molar-refractivity contribution in [3.05, 3.63) is 76.0 Å². The molecule has 0 saturated heterocycles. The fourth-order valence-electron chi connectivity index (χ4n) is 3.30. The maximum Gasteiger partial charge on any atom is 0.416 e. The Balaban J connectivity index is 2.02. The van der Waals surface area contributed by atoms with Crippen molar-refractivity contribution >= 4 is 11.9 Å². The van der Waals surface area contributed by atoms with Gasteiger partial charge in [-0.15, -0.1) is 0 Å². The highest BCUT2D eigenvalue weighted by Crippen LogP contribution is 2.31. The Labute approximate surface area is 179 Å². The molecular formula is C21H18F4N4O3. The van der Waals surface area contributed by atoms with Crippen LogP contribution in [0.2, 0.25) is 0 Å². The SMILES string of the molecule is COC(=O)Cc1c(C(N)=O)c(C)nn1-c1cc(Cc2cc(F)cc(C(F)(F)F)c2)ccn1. The molecule has 7 nitrogen and oxygen atoms in total. The number of amides is 1. The van der Waals surface area contributed by atoms with Gasteiger partial charge in [-0.2, -0.15) is 18.3 Å². The number of nitrogens with two attached hydrogens (primary N) is 1. The minimum atomic E-state index is -4.68. The molecule has 0 radical (unpaired) electrons. The maximum atomic E-state index is 13.7. The Bertz CT molecular complexity index is 1190. The van der Waals surface area contributed by atoms with Gasteiger partial charge in [-0.05, 0) is 54.8 Å². The molecule has 0 aliphatic carbocycles. The number of benzene rings is 1. The molecule has 2 aromatic heterocycles. The lowest BCUT2D eigenvalue weighted by Gasteiger charge is -2.11. The zero-order valence-corrected chi connectivity index (χ0v) is 17.0. The van der Waals surface area contributed by atoms with E-state index in [9.17, 15) is 27.2 Å². The highest BCUT2D eigenvalue weighted by molar-refractivity contribution is 5.96. The Morgan fingerprint density at radius 2 is 1.88 bits per heavy atom. The molecule has 0 aliphatic rings. The molecule has 0 atom stereocenters. The average molecular weight is 450 g/mol. The van der Waals surface area contributed by atoms with Gasteiger partial charge in [0, 0.05) is 6.20 Å². The lowest BCUT2D eigenvalue weighted by Crippen LogP contribution is -2.18. The number of nitrogens with zero attached hydrogens (tertiary/aromatic N) is 3. The number of esters is 1. The Morgan fingerprint density at radius 1 is 1.16 bits per heavy atom. The predicted octanol–water partition coefficient (Wildman–Crippen LogP) is 3.14. The number of primary amides is 1. The molecule has 0 aliphatic heterocycles. The molecule has 0 saturated carbocycles. The summed E-state index contributed by atoms with van der Waals surface area (Å²) in [6.45, 7) is 1.53. The average Bonchev–Trinajstić information content (AvgIpc) is 3.03. The first kappa shape index (κ1) is 22.9. The molecule has 2 heterocycles. The van der Waals surface area contributed by atoms with Crippen molar-refractivity contribution < 1.29 is 31.9 Å². The largest absolute Gasteiger partial charge is 0.469 e. The first-order valence-electron chi connectivity index (χ1n) is 9.26. The molecule has 0 spiro atoms. The number of hydrogen-bond donors (Lipinski definition) is 1. The van der Waals surface area contributed by atoms with Gasteiger partial charge in [-0.25, -0.2) is 14.1 Å². The molecule has 3 aromatic rings. The summed E-state index contributed by atoms with van der Waals surface area (Å²) >= 11 is 0. The number of pyridine rings is 1. The van der Waals surface area contributed by atoms with Crippen LogP contribution in [0.5, 0.6) is 0 Å². The summed E-state index contributed by atoms with van der Waals surface area (Å²) in [5.74, 6) is -2.23. The second-order valence-electron chi connectivity index (χ2n) is 6.98. The lowest BCUT2D eigenvalue weighted by atomic mass is 10.0. The van der Waals surface area contributed by atoms with E-state index in [4.69, 9.17) is 5.73 Å². The monoisotopic (exact) mass is 450 g/mol. The molecule has 1 aromatic carbocycles. The summed E-state index contributed by atoms with van der Waals surface area (Å²) in [5, 5.41) is 4.23. The van der Waals surface area contributed by atoms with E-state index in [1.165, 1.54) is 31.0 Å². The van der Waals surface area contributed by atoms with Gasteiger partial charge in [0.15, 0.2) is 5.82 Å². The first-order valence-corrected chi connectivity index (χ1v) is 9.26. The van der Waals surface area contributed by atoms with E-state index >= 15 is 0 Å². The summed E-state index contributed by atoms with van der Waals surface area (Å²) in [5.41, 5.74) is 5.43. The summed E-state index contributed by atoms with van der Waals surface area (Å²) < 4.78 is 58.6. The van der Waals surface area contributed by atoms with Gasteiger partial charge < -0.3 is 10.5 Å². The van der Waals surface area contributed by atoms with Crippen molar-refractivity contribution in [2.24, 2.45) is 5.73 Å². The minimum Gasteiger partial charge on any atom is -0.469 e. The van der Waals surface area contributed by atoms with Crippen LogP contribution in [0.3, 0.4) is 0 Å². The van der Waals surface area contributed by atoms with Gasteiger partial charge >= 0.3 is 12.1 Å². The van der Waals surface area contributed by atoms with E-state index in [-0.39, 0.29) is 41.2 Å². The van der Waals surface area contributed by atoms with Crippen LogP contribution in [0, 0.1) is 12.7 Å². The molecule has 3 rings (SSSR count). The summed E-state index contributed by atoms with van der Waals surface area (Å²) in [6.07, 6.45) is -3.62. The van der Waals surface area contributed by atoms with Crippen LogP contribution in [-0.4, -0.2) is 33.8 Å². The zero-order valence-electron chi connectivity index (χ0n) is 17.0. The number of carbonyl (C=O) groups is 2. The number of methoxy groups -OCH3 is 1.